The van der Waals surface area contributed by atoms with Crippen LogP contribution in [0.25, 0.3) is 0 Å². The molecule has 27 heavy (non-hydrogen) atoms. The zero-order valence-corrected chi connectivity index (χ0v) is 14.7. The molecule has 0 radical (unpaired) electrons. The van der Waals surface area contributed by atoms with Crippen LogP contribution in [0.4, 0.5) is 18.0 Å². The molecular weight excluding hydrogens is 383 g/mol. The molecule has 0 bridgehead atoms. The molecule has 0 unspecified atom stereocenters. The maximum Gasteiger partial charge on any atom is 0.573 e. The third-order valence-electron chi connectivity index (χ3n) is 3.13. The highest BCUT2D eigenvalue weighted by molar-refractivity contribution is 6.31. The highest BCUT2D eigenvalue weighted by atomic mass is 35.5. The third kappa shape index (κ3) is 7.92. The summed E-state index contributed by atoms with van der Waals surface area (Å²) in [6.07, 6.45) is -5.03. The largest absolute Gasteiger partial charge is 0.573 e. The van der Waals surface area contributed by atoms with Gasteiger partial charge in [0.15, 0.2) is 0 Å². The number of nitrogens with one attached hydrogen (secondary N) is 1. The molecule has 0 aromatic heterocycles. The van der Waals surface area contributed by atoms with Crippen LogP contribution in [0.1, 0.15) is 17.5 Å². The van der Waals surface area contributed by atoms with Gasteiger partial charge in [0.25, 0.3) is 0 Å². The molecular formula is C19H15ClF3NO3. The summed E-state index contributed by atoms with van der Waals surface area (Å²) in [5.41, 5.74) is 1.23. The van der Waals surface area contributed by atoms with Crippen LogP contribution in [-0.4, -0.2) is 19.0 Å². The van der Waals surface area contributed by atoms with Gasteiger partial charge in [0, 0.05) is 24.6 Å². The molecule has 0 aliphatic carbocycles. The number of hydrogen-bond donors (Lipinski definition) is 1. The number of halogens is 4. The van der Waals surface area contributed by atoms with Crippen molar-refractivity contribution < 1.29 is 27.4 Å². The maximum absolute atomic E-state index is 12.1. The average molecular weight is 398 g/mol. The fourth-order valence-corrected chi connectivity index (χ4v) is 2.17. The topological polar surface area (TPSA) is 47.6 Å². The fourth-order valence-electron chi connectivity index (χ4n) is 1.95. The molecule has 142 valence electrons. The van der Waals surface area contributed by atoms with E-state index in [0.29, 0.717) is 12.0 Å². The highest BCUT2D eigenvalue weighted by Gasteiger charge is 2.31. The number of benzene rings is 2. The molecule has 0 spiro atoms. The van der Waals surface area contributed by atoms with Gasteiger partial charge in [-0.3, -0.25) is 0 Å². The molecule has 0 heterocycles. The van der Waals surface area contributed by atoms with E-state index in [1.54, 1.807) is 0 Å². The molecule has 2 aromatic carbocycles. The standard InChI is InChI=1S/C19H15ClF3NO3/c20-17-12-16(27-19(21,22)23)10-9-15(17)8-4-5-11-24-18(25)26-13-14-6-2-1-3-7-14/h1-3,6-7,9-10,12H,5,11,13H2,(H,24,25). The van der Waals surface area contributed by atoms with Gasteiger partial charge in [-0.2, -0.15) is 0 Å². The predicted octanol–water partition coefficient (Wildman–Crippen LogP) is 4.91. The minimum Gasteiger partial charge on any atom is -0.445 e. The quantitative estimate of drug-likeness (QED) is 0.576. The van der Waals surface area contributed by atoms with Crippen molar-refractivity contribution >= 4 is 17.7 Å². The van der Waals surface area contributed by atoms with Crippen LogP contribution in [0, 0.1) is 11.8 Å². The zero-order chi connectivity index (χ0) is 19.7. The highest BCUT2D eigenvalue weighted by Crippen LogP contribution is 2.27. The molecule has 1 amide bonds. The van der Waals surface area contributed by atoms with E-state index in [1.807, 2.05) is 30.3 Å². The molecule has 0 fully saturated rings. The first-order valence-corrected chi connectivity index (χ1v) is 8.20. The lowest BCUT2D eigenvalue weighted by Crippen LogP contribution is -2.24. The molecule has 2 rings (SSSR count). The van der Waals surface area contributed by atoms with Crippen molar-refractivity contribution in [3.05, 3.63) is 64.7 Å². The molecule has 0 saturated carbocycles. The van der Waals surface area contributed by atoms with Crippen LogP contribution >= 0.6 is 11.6 Å². The molecule has 2 aromatic rings. The summed E-state index contributed by atoms with van der Waals surface area (Å²) < 4.78 is 45.2. The SMILES string of the molecule is O=C(NCCC#Cc1ccc(OC(F)(F)F)cc1Cl)OCc1ccccc1. The van der Waals surface area contributed by atoms with Crippen molar-refractivity contribution in [1.82, 2.24) is 5.32 Å². The van der Waals surface area contributed by atoms with Crippen molar-refractivity contribution in [2.24, 2.45) is 0 Å². The first-order valence-electron chi connectivity index (χ1n) is 7.82. The van der Waals surface area contributed by atoms with E-state index in [2.05, 4.69) is 21.9 Å². The second kappa shape index (κ2) is 9.74. The van der Waals surface area contributed by atoms with Crippen LogP contribution in [0.15, 0.2) is 48.5 Å². The first kappa shape index (κ1) is 20.5. The van der Waals surface area contributed by atoms with E-state index in [0.717, 1.165) is 17.7 Å². The van der Waals surface area contributed by atoms with Crippen LogP contribution in [-0.2, 0) is 11.3 Å². The number of alkyl carbamates (subject to hydrolysis) is 1. The second-order valence-electron chi connectivity index (χ2n) is 5.23. The number of hydrogen-bond acceptors (Lipinski definition) is 3. The van der Waals surface area contributed by atoms with Gasteiger partial charge in [-0.05, 0) is 17.7 Å². The van der Waals surface area contributed by atoms with E-state index >= 15 is 0 Å². The first-order chi connectivity index (χ1) is 12.8. The van der Waals surface area contributed by atoms with E-state index in [-0.39, 0.29) is 18.2 Å². The van der Waals surface area contributed by atoms with Gasteiger partial charge in [0.1, 0.15) is 12.4 Å². The smallest absolute Gasteiger partial charge is 0.445 e. The molecule has 0 atom stereocenters. The molecule has 8 heteroatoms. The third-order valence-corrected chi connectivity index (χ3v) is 3.44. The zero-order valence-electron chi connectivity index (χ0n) is 14.0. The minimum absolute atomic E-state index is 0.0412. The van der Waals surface area contributed by atoms with Crippen molar-refractivity contribution in [3.8, 4) is 17.6 Å². The molecule has 0 saturated heterocycles. The van der Waals surface area contributed by atoms with Crippen LogP contribution in [0.2, 0.25) is 5.02 Å². The molecule has 4 nitrogen and oxygen atoms in total. The van der Waals surface area contributed by atoms with Crippen molar-refractivity contribution in [1.29, 1.82) is 0 Å². The lowest BCUT2D eigenvalue weighted by Gasteiger charge is -2.09. The van der Waals surface area contributed by atoms with Gasteiger partial charge in [-0.1, -0.05) is 53.8 Å². The Hall–Kier alpha value is -2.85. The van der Waals surface area contributed by atoms with Crippen LogP contribution in [0.3, 0.4) is 0 Å². The van der Waals surface area contributed by atoms with Crippen molar-refractivity contribution in [2.45, 2.75) is 19.4 Å². The Balaban J connectivity index is 1.74. The monoisotopic (exact) mass is 397 g/mol. The van der Waals surface area contributed by atoms with Gasteiger partial charge in [0.2, 0.25) is 0 Å². The maximum atomic E-state index is 12.1. The summed E-state index contributed by atoms with van der Waals surface area (Å²) >= 11 is 5.88. The van der Waals surface area contributed by atoms with Crippen molar-refractivity contribution in [3.63, 3.8) is 0 Å². The lowest BCUT2D eigenvalue weighted by molar-refractivity contribution is -0.274. The summed E-state index contributed by atoms with van der Waals surface area (Å²) in [7, 11) is 0. The summed E-state index contributed by atoms with van der Waals surface area (Å²) in [6, 6.07) is 12.7. The molecule has 1 N–H and O–H groups in total. The number of carbonyl (C=O) groups is 1. The van der Waals surface area contributed by atoms with E-state index in [1.165, 1.54) is 6.07 Å². The number of carbonyl (C=O) groups excluding carboxylic acids is 1. The summed E-state index contributed by atoms with van der Waals surface area (Å²) in [5, 5.41) is 2.59. The second-order valence-corrected chi connectivity index (χ2v) is 5.64. The Morgan fingerprint density at radius 2 is 1.89 bits per heavy atom. The number of amides is 1. The Bertz CT molecular complexity index is 830. The Kier molecular flexibility index (Phi) is 7.38. The van der Waals surface area contributed by atoms with E-state index in [4.69, 9.17) is 16.3 Å². The van der Waals surface area contributed by atoms with Gasteiger partial charge < -0.3 is 14.8 Å². The van der Waals surface area contributed by atoms with E-state index < -0.39 is 18.2 Å². The summed E-state index contributed by atoms with van der Waals surface area (Å²) in [4.78, 5) is 11.5. The number of ether oxygens (including phenoxy) is 2. The predicted molar refractivity (Wildman–Crippen MR) is 94.3 cm³/mol. The van der Waals surface area contributed by atoms with Crippen molar-refractivity contribution in [2.75, 3.05) is 6.54 Å². The van der Waals surface area contributed by atoms with Gasteiger partial charge in [0.05, 0.1) is 5.02 Å². The summed E-state index contributed by atoms with van der Waals surface area (Å²) in [6.45, 7) is 0.424. The van der Waals surface area contributed by atoms with Gasteiger partial charge in [-0.25, -0.2) is 4.79 Å². The number of rotatable bonds is 5. The summed E-state index contributed by atoms with van der Waals surface area (Å²) in [5.74, 6) is 5.08. The Morgan fingerprint density at radius 3 is 2.56 bits per heavy atom. The van der Waals surface area contributed by atoms with Gasteiger partial charge >= 0.3 is 12.5 Å². The minimum atomic E-state index is -4.78. The van der Waals surface area contributed by atoms with Crippen LogP contribution in [0.5, 0.6) is 5.75 Å². The molecule has 0 aliphatic heterocycles. The molecule has 0 aliphatic rings. The van der Waals surface area contributed by atoms with Gasteiger partial charge in [-0.15, -0.1) is 13.2 Å². The van der Waals surface area contributed by atoms with Crippen LogP contribution < -0.4 is 10.1 Å². The lowest BCUT2D eigenvalue weighted by atomic mass is 10.2. The fraction of sp³-hybridized carbons (Fsp3) is 0.211. The average Bonchev–Trinajstić information content (AvgIpc) is 2.61. The number of alkyl halides is 3. The normalized spacial score (nSPS) is 10.5. The van der Waals surface area contributed by atoms with E-state index in [9.17, 15) is 18.0 Å². The Labute approximate surface area is 159 Å². The Morgan fingerprint density at radius 1 is 1.15 bits per heavy atom.